The first-order valence-corrected chi connectivity index (χ1v) is 6.95. The van der Waals surface area contributed by atoms with E-state index in [1.165, 1.54) is 30.3 Å². The molecule has 0 saturated carbocycles. The molecule has 7 nitrogen and oxygen atoms in total. The normalized spacial score (nSPS) is 10.8. The average molecular weight is 333 g/mol. The van der Waals surface area contributed by atoms with Gasteiger partial charge in [0.05, 0.1) is 19.3 Å². The van der Waals surface area contributed by atoms with Gasteiger partial charge in [-0.1, -0.05) is 12.1 Å². The molecule has 24 heavy (non-hydrogen) atoms. The predicted molar refractivity (Wildman–Crippen MR) is 79.8 cm³/mol. The molecule has 0 spiro atoms. The molecule has 1 aromatic carbocycles. The van der Waals surface area contributed by atoms with E-state index in [4.69, 9.17) is 4.74 Å². The van der Waals surface area contributed by atoms with Crippen molar-refractivity contribution < 1.29 is 18.3 Å². The van der Waals surface area contributed by atoms with Gasteiger partial charge in [-0.05, 0) is 34.7 Å². The van der Waals surface area contributed by atoms with Crippen LogP contribution < -0.4 is 9.47 Å². The molecule has 0 saturated heterocycles. The molecule has 3 rings (SSSR count). The molecule has 0 atom stereocenters. The fraction of sp³-hybridized carbons (Fsp3) is 0.200. The number of tetrazole rings is 1. The lowest BCUT2D eigenvalue weighted by Gasteiger charge is -2.11. The Balaban J connectivity index is 1.96. The second kappa shape index (κ2) is 6.99. The lowest BCUT2D eigenvalue weighted by atomic mass is 10.1. The zero-order valence-corrected chi connectivity index (χ0v) is 12.6. The van der Waals surface area contributed by atoms with Gasteiger partial charge in [0.15, 0.2) is 0 Å². The number of benzene rings is 1. The van der Waals surface area contributed by atoms with E-state index in [0.29, 0.717) is 29.2 Å². The summed E-state index contributed by atoms with van der Waals surface area (Å²) < 4.78 is 36.1. The van der Waals surface area contributed by atoms with Crippen LogP contribution >= 0.6 is 0 Å². The second-order valence-corrected chi connectivity index (χ2v) is 4.77. The Morgan fingerprint density at radius 3 is 2.79 bits per heavy atom. The summed E-state index contributed by atoms with van der Waals surface area (Å²) in [5, 5.41) is 10.9. The maximum atomic E-state index is 12.4. The van der Waals surface area contributed by atoms with Crippen molar-refractivity contribution in [1.29, 1.82) is 0 Å². The fourth-order valence-electron chi connectivity index (χ4n) is 2.18. The summed E-state index contributed by atoms with van der Waals surface area (Å²) in [7, 11) is 1.51. The van der Waals surface area contributed by atoms with Gasteiger partial charge < -0.3 is 9.47 Å². The van der Waals surface area contributed by atoms with E-state index >= 15 is 0 Å². The van der Waals surface area contributed by atoms with Crippen molar-refractivity contribution in [1.82, 2.24) is 25.2 Å². The van der Waals surface area contributed by atoms with Crippen molar-refractivity contribution in [2.45, 2.75) is 13.2 Å². The van der Waals surface area contributed by atoms with E-state index in [-0.39, 0.29) is 5.75 Å². The first-order chi connectivity index (χ1) is 11.7. The van der Waals surface area contributed by atoms with Crippen molar-refractivity contribution in [3.8, 4) is 22.8 Å². The summed E-state index contributed by atoms with van der Waals surface area (Å²) in [6.07, 6.45) is 1.47. The first-order valence-electron chi connectivity index (χ1n) is 6.95. The average Bonchev–Trinajstić information content (AvgIpc) is 3.07. The highest BCUT2D eigenvalue weighted by Gasteiger charge is 2.12. The molecule has 0 N–H and O–H groups in total. The maximum absolute atomic E-state index is 12.4. The third-order valence-corrected chi connectivity index (χ3v) is 3.18. The molecule has 0 fully saturated rings. The van der Waals surface area contributed by atoms with Gasteiger partial charge in [-0.25, -0.2) is 9.67 Å². The van der Waals surface area contributed by atoms with E-state index in [2.05, 4.69) is 25.2 Å². The Hall–Kier alpha value is -3.10. The minimum atomic E-state index is -2.89. The topological polar surface area (TPSA) is 75.0 Å². The number of ether oxygens (including phenoxy) is 2. The quantitative estimate of drug-likeness (QED) is 0.689. The van der Waals surface area contributed by atoms with Gasteiger partial charge >= 0.3 is 6.61 Å². The SMILES string of the molecule is COc1ccc(Cn2cnnn2)nc1-c1cccc(OC(F)F)c1. The molecular formula is C15H13F2N5O2. The van der Waals surface area contributed by atoms with Gasteiger partial charge in [-0.3, -0.25) is 0 Å². The Kier molecular flexibility index (Phi) is 4.59. The standard InChI is InChI=1S/C15H13F2N5O2/c1-23-13-6-5-11(8-22-9-18-20-21-22)19-14(13)10-3-2-4-12(7-10)24-15(16)17/h2-7,9,15H,8H2,1H3. The molecule has 2 heterocycles. The fourth-order valence-corrected chi connectivity index (χ4v) is 2.18. The van der Waals surface area contributed by atoms with Gasteiger partial charge in [-0.15, -0.1) is 5.10 Å². The number of hydrogen-bond acceptors (Lipinski definition) is 6. The van der Waals surface area contributed by atoms with E-state index in [9.17, 15) is 8.78 Å². The molecule has 2 aromatic heterocycles. The smallest absolute Gasteiger partial charge is 0.387 e. The Morgan fingerprint density at radius 2 is 2.08 bits per heavy atom. The zero-order chi connectivity index (χ0) is 16.9. The number of halogens is 2. The molecule has 9 heteroatoms. The van der Waals surface area contributed by atoms with Crippen LogP contribution in [0.5, 0.6) is 11.5 Å². The number of rotatable bonds is 6. The lowest BCUT2D eigenvalue weighted by Crippen LogP contribution is -2.04. The van der Waals surface area contributed by atoms with Crippen LogP contribution in [0.3, 0.4) is 0 Å². The first kappa shape index (κ1) is 15.8. The van der Waals surface area contributed by atoms with Crippen LogP contribution in [0.1, 0.15) is 5.69 Å². The van der Waals surface area contributed by atoms with Gasteiger partial charge in [0.25, 0.3) is 0 Å². The molecule has 0 aliphatic heterocycles. The van der Waals surface area contributed by atoms with E-state index in [1.807, 2.05) is 0 Å². The molecule has 3 aromatic rings. The van der Waals surface area contributed by atoms with Crippen LogP contribution in [0.2, 0.25) is 0 Å². The largest absolute Gasteiger partial charge is 0.494 e. The summed E-state index contributed by atoms with van der Waals surface area (Å²) in [6, 6.07) is 9.82. The van der Waals surface area contributed by atoms with Crippen LogP contribution in [0, 0.1) is 0 Å². The van der Waals surface area contributed by atoms with E-state index in [1.54, 1.807) is 24.3 Å². The molecule has 0 radical (unpaired) electrons. The summed E-state index contributed by atoms with van der Waals surface area (Å²) in [5.41, 5.74) is 1.81. The molecule has 0 unspecified atom stereocenters. The van der Waals surface area contributed by atoms with E-state index in [0.717, 1.165) is 0 Å². The van der Waals surface area contributed by atoms with Crippen molar-refractivity contribution >= 4 is 0 Å². The molecule has 0 bridgehead atoms. The second-order valence-electron chi connectivity index (χ2n) is 4.77. The summed E-state index contributed by atoms with van der Waals surface area (Å²) in [6.45, 7) is -2.52. The molecule has 0 aliphatic rings. The predicted octanol–water partition coefficient (Wildman–Crippen LogP) is 2.39. The van der Waals surface area contributed by atoms with Crippen LogP contribution in [0.15, 0.2) is 42.7 Å². The van der Waals surface area contributed by atoms with Gasteiger partial charge in [-0.2, -0.15) is 8.78 Å². The number of methoxy groups -OCH3 is 1. The Labute approximate surface area is 135 Å². The summed E-state index contributed by atoms with van der Waals surface area (Å²) in [4.78, 5) is 4.52. The van der Waals surface area contributed by atoms with E-state index < -0.39 is 6.61 Å². The minimum Gasteiger partial charge on any atom is -0.494 e. The van der Waals surface area contributed by atoms with Crippen LogP contribution in [0.4, 0.5) is 8.78 Å². The minimum absolute atomic E-state index is 0.0530. The van der Waals surface area contributed by atoms with Crippen molar-refractivity contribution in [2.24, 2.45) is 0 Å². The number of aromatic nitrogens is 5. The van der Waals surface area contributed by atoms with Crippen LogP contribution in [-0.4, -0.2) is 38.9 Å². The Morgan fingerprint density at radius 1 is 1.21 bits per heavy atom. The van der Waals surface area contributed by atoms with Gasteiger partial charge in [0, 0.05) is 5.56 Å². The van der Waals surface area contributed by atoms with Gasteiger partial charge in [0.1, 0.15) is 23.5 Å². The Bertz CT molecular complexity index is 811. The number of hydrogen-bond donors (Lipinski definition) is 0. The van der Waals surface area contributed by atoms with Crippen molar-refractivity contribution in [3.63, 3.8) is 0 Å². The highest BCUT2D eigenvalue weighted by atomic mass is 19.3. The third-order valence-electron chi connectivity index (χ3n) is 3.18. The molecular weight excluding hydrogens is 320 g/mol. The zero-order valence-electron chi connectivity index (χ0n) is 12.6. The maximum Gasteiger partial charge on any atom is 0.387 e. The third kappa shape index (κ3) is 3.62. The summed E-state index contributed by atoms with van der Waals surface area (Å²) in [5.74, 6) is 0.571. The monoisotopic (exact) mass is 333 g/mol. The lowest BCUT2D eigenvalue weighted by molar-refractivity contribution is -0.0498. The molecule has 0 amide bonds. The summed E-state index contributed by atoms with van der Waals surface area (Å²) >= 11 is 0. The highest BCUT2D eigenvalue weighted by molar-refractivity contribution is 5.67. The number of pyridine rings is 1. The van der Waals surface area contributed by atoms with Crippen molar-refractivity contribution in [3.05, 3.63) is 48.4 Å². The highest BCUT2D eigenvalue weighted by Crippen LogP contribution is 2.31. The van der Waals surface area contributed by atoms with Crippen molar-refractivity contribution in [2.75, 3.05) is 7.11 Å². The number of nitrogens with zero attached hydrogens (tertiary/aromatic N) is 5. The number of alkyl halides is 2. The van der Waals surface area contributed by atoms with Gasteiger partial charge in [0.2, 0.25) is 0 Å². The van der Waals surface area contributed by atoms with Crippen LogP contribution in [-0.2, 0) is 6.54 Å². The van der Waals surface area contributed by atoms with Crippen LogP contribution in [0.25, 0.3) is 11.3 Å². The molecule has 124 valence electrons. The molecule has 0 aliphatic carbocycles.